The van der Waals surface area contributed by atoms with Crippen molar-refractivity contribution in [1.82, 2.24) is 21.3 Å². The number of phenolic OH excluding ortho intramolecular Hbond substituents is 1. The lowest BCUT2D eigenvalue weighted by Crippen LogP contribution is -2.56. The monoisotopic (exact) mass is 478 g/mol. The molecule has 1 aliphatic rings. The molecule has 4 atom stereocenters. The molecule has 0 spiro atoms. The van der Waals surface area contributed by atoms with Crippen molar-refractivity contribution in [3.8, 4) is 5.75 Å². The Morgan fingerprint density at radius 3 is 2.24 bits per heavy atom. The molecule has 0 radical (unpaired) electrons. The maximum atomic E-state index is 12.9. The van der Waals surface area contributed by atoms with Crippen molar-refractivity contribution in [3.63, 3.8) is 0 Å². The molecule has 7 N–H and O–H groups in total. The highest BCUT2D eigenvalue weighted by Gasteiger charge is 2.30. The van der Waals surface area contributed by atoms with Crippen LogP contribution in [0.5, 0.6) is 5.75 Å². The van der Waals surface area contributed by atoms with Crippen LogP contribution in [0.3, 0.4) is 0 Å². The van der Waals surface area contributed by atoms with Crippen LogP contribution in [0.15, 0.2) is 24.3 Å². The Balaban J connectivity index is 2.05. The van der Waals surface area contributed by atoms with Crippen LogP contribution in [-0.4, -0.2) is 75.7 Å². The molecular weight excluding hydrogens is 448 g/mol. The van der Waals surface area contributed by atoms with Crippen molar-refractivity contribution in [2.45, 2.75) is 63.2 Å². The predicted octanol–water partition coefficient (Wildman–Crippen LogP) is -0.890. The minimum Gasteiger partial charge on any atom is -0.508 e. The zero-order chi connectivity index (χ0) is 25.3. The highest BCUT2D eigenvalue weighted by molar-refractivity contribution is 5.94. The molecule has 4 unspecified atom stereocenters. The van der Waals surface area contributed by atoms with E-state index in [1.807, 2.05) is 0 Å². The molecule has 186 valence electrons. The van der Waals surface area contributed by atoms with Gasteiger partial charge in [0, 0.05) is 12.8 Å². The quantitative estimate of drug-likeness (QED) is 0.199. The number of carboxylic acid groups (broad SMARTS) is 2. The first-order chi connectivity index (χ1) is 16.1. The van der Waals surface area contributed by atoms with Crippen LogP contribution < -0.4 is 21.3 Å². The molecule has 1 aliphatic heterocycles. The van der Waals surface area contributed by atoms with Crippen LogP contribution in [0.4, 0.5) is 0 Å². The Kier molecular flexibility index (Phi) is 9.80. The number of carboxylic acids is 2. The van der Waals surface area contributed by atoms with Crippen molar-refractivity contribution in [1.29, 1.82) is 0 Å². The predicted molar refractivity (Wildman–Crippen MR) is 119 cm³/mol. The van der Waals surface area contributed by atoms with E-state index in [2.05, 4.69) is 21.3 Å². The number of benzene rings is 1. The normalized spacial score (nSPS) is 17.7. The van der Waals surface area contributed by atoms with Crippen LogP contribution >= 0.6 is 0 Å². The molecular formula is C22H30N4O8. The summed E-state index contributed by atoms with van der Waals surface area (Å²) in [6.45, 7) is 2.04. The van der Waals surface area contributed by atoms with Gasteiger partial charge in [-0.15, -0.1) is 0 Å². The van der Waals surface area contributed by atoms with Gasteiger partial charge >= 0.3 is 11.9 Å². The van der Waals surface area contributed by atoms with E-state index in [4.69, 9.17) is 5.11 Å². The first kappa shape index (κ1) is 26.6. The van der Waals surface area contributed by atoms with E-state index < -0.39 is 54.3 Å². The molecule has 12 nitrogen and oxygen atoms in total. The fourth-order valence-electron chi connectivity index (χ4n) is 3.46. The van der Waals surface area contributed by atoms with Gasteiger partial charge in [-0.05, 0) is 50.4 Å². The Bertz CT molecular complexity index is 899. The van der Waals surface area contributed by atoms with Gasteiger partial charge in [0.25, 0.3) is 0 Å². The summed E-state index contributed by atoms with van der Waals surface area (Å²) in [4.78, 5) is 60.0. The zero-order valence-electron chi connectivity index (χ0n) is 18.7. The van der Waals surface area contributed by atoms with E-state index >= 15 is 0 Å². The number of hydrogen-bond donors (Lipinski definition) is 7. The molecule has 0 bridgehead atoms. The van der Waals surface area contributed by atoms with E-state index in [1.165, 1.54) is 19.1 Å². The third kappa shape index (κ3) is 8.35. The summed E-state index contributed by atoms with van der Waals surface area (Å²) < 4.78 is 0. The minimum absolute atomic E-state index is 0.0464. The van der Waals surface area contributed by atoms with Crippen molar-refractivity contribution >= 4 is 29.7 Å². The topological polar surface area (TPSA) is 194 Å². The van der Waals surface area contributed by atoms with Gasteiger partial charge in [0.2, 0.25) is 17.7 Å². The van der Waals surface area contributed by atoms with E-state index in [1.54, 1.807) is 12.1 Å². The molecule has 2 rings (SSSR count). The van der Waals surface area contributed by atoms with Crippen LogP contribution in [0, 0.1) is 0 Å². The van der Waals surface area contributed by atoms with Gasteiger partial charge in [-0.2, -0.15) is 0 Å². The number of nitrogens with one attached hydrogen (secondary N) is 4. The fraction of sp³-hybridized carbons (Fsp3) is 0.500. The Labute approximate surface area is 196 Å². The smallest absolute Gasteiger partial charge is 0.326 e. The lowest BCUT2D eigenvalue weighted by Gasteiger charge is -2.23. The lowest BCUT2D eigenvalue weighted by atomic mass is 10.0. The van der Waals surface area contributed by atoms with Gasteiger partial charge in [-0.3, -0.25) is 19.2 Å². The van der Waals surface area contributed by atoms with Crippen molar-refractivity contribution in [2.75, 3.05) is 6.54 Å². The van der Waals surface area contributed by atoms with E-state index in [-0.39, 0.29) is 24.5 Å². The molecule has 0 aliphatic carbocycles. The maximum Gasteiger partial charge on any atom is 0.326 e. The summed E-state index contributed by atoms with van der Waals surface area (Å²) in [5.74, 6) is -4.36. The maximum absolute atomic E-state index is 12.9. The summed E-state index contributed by atoms with van der Waals surface area (Å²) >= 11 is 0. The van der Waals surface area contributed by atoms with Crippen molar-refractivity contribution in [2.24, 2.45) is 0 Å². The molecule has 12 heteroatoms. The van der Waals surface area contributed by atoms with Crippen LogP contribution in [0.1, 0.15) is 38.2 Å². The Hall–Kier alpha value is -3.67. The average Bonchev–Trinajstić information content (AvgIpc) is 3.32. The minimum atomic E-state index is -1.43. The van der Waals surface area contributed by atoms with Gasteiger partial charge in [-0.1, -0.05) is 12.1 Å². The lowest BCUT2D eigenvalue weighted by molar-refractivity contribution is -0.143. The summed E-state index contributed by atoms with van der Waals surface area (Å²) in [6.07, 6.45) is 0.788. The Morgan fingerprint density at radius 2 is 1.68 bits per heavy atom. The summed E-state index contributed by atoms with van der Waals surface area (Å²) in [5.41, 5.74) is 0.661. The number of aliphatic carboxylic acids is 2. The summed E-state index contributed by atoms with van der Waals surface area (Å²) in [5, 5.41) is 37.8. The van der Waals surface area contributed by atoms with Crippen LogP contribution in [0.25, 0.3) is 0 Å². The molecule has 1 aromatic rings. The second-order valence-electron chi connectivity index (χ2n) is 8.14. The number of phenols is 1. The summed E-state index contributed by atoms with van der Waals surface area (Å²) in [6, 6.07) is 2.07. The Morgan fingerprint density at radius 1 is 1.00 bits per heavy atom. The average molecular weight is 479 g/mol. The molecule has 0 aromatic heterocycles. The van der Waals surface area contributed by atoms with E-state index in [9.17, 15) is 34.2 Å². The standard InChI is InChI=1S/C22H30N4O8/c1-12(19(30)25-16(22(33)34)8-9-18(28)29)24-21(32)17(11-13-4-6-14(27)7-5-13)26-20(31)15-3-2-10-23-15/h4-7,12,15-17,23,27H,2-3,8-11H2,1H3,(H,24,32)(H,25,30)(H,26,31)(H,28,29)(H,33,34). The molecule has 1 fully saturated rings. The zero-order valence-corrected chi connectivity index (χ0v) is 18.7. The van der Waals surface area contributed by atoms with E-state index in [0.29, 0.717) is 18.5 Å². The number of amides is 3. The molecule has 3 amide bonds. The van der Waals surface area contributed by atoms with Gasteiger partial charge in [-0.25, -0.2) is 4.79 Å². The number of rotatable bonds is 12. The van der Waals surface area contributed by atoms with Gasteiger partial charge in [0.15, 0.2) is 0 Å². The van der Waals surface area contributed by atoms with Crippen LogP contribution in [0.2, 0.25) is 0 Å². The second-order valence-corrected chi connectivity index (χ2v) is 8.14. The van der Waals surface area contributed by atoms with Crippen molar-refractivity contribution < 1.29 is 39.3 Å². The molecule has 0 saturated carbocycles. The summed E-state index contributed by atoms with van der Waals surface area (Å²) in [7, 11) is 0. The van der Waals surface area contributed by atoms with Gasteiger partial charge in [0.05, 0.1) is 6.04 Å². The largest absolute Gasteiger partial charge is 0.508 e. The highest BCUT2D eigenvalue weighted by atomic mass is 16.4. The van der Waals surface area contributed by atoms with Crippen LogP contribution in [-0.2, 0) is 30.4 Å². The van der Waals surface area contributed by atoms with E-state index in [0.717, 1.165) is 6.42 Å². The number of carbonyl (C=O) groups excluding carboxylic acids is 3. The third-order valence-electron chi connectivity index (χ3n) is 5.40. The number of carbonyl (C=O) groups is 5. The molecule has 1 aromatic carbocycles. The SMILES string of the molecule is CC(NC(=O)C(Cc1ccc(O)cc1)NC(=O)C1CCCN1)C(=O)NC(CCC(=O)O)C(=O)O. The first-order valence-corrected chi connectivity index (χ1v) is 10.9. The number of hydrogen-bond acceptors (Lipinski definition) is 7. The second kappa shape index (κ2) is 12.5. The molecule has 1 saturated heterocycles. The van der Waals surface area contributed by atoms with Gasteiger partial charge < -0.3 is 36.6 Å². The molecule has 1 heterocycles. The third-order valence-corrected chi connectivity index (χ3v) is 5.40. The fourth-order valence-corrected chi connectivity index (χ4v) is 3.46. The number of aromatic hydroxyl groups is 1. The van der Waals surface area contributed by atoms with Gasteiger partial charge in [0.1, 0.15) is 23.9 Å². The highest BCUT2D eigenvalue weighted by Crippen LogP contribution is 2.12. The molecule has 34 heavy (non-hydrogen) atoms. The van der Waals surface area contributed by atoms with Crippen molar-refractivity contribution in [3.05, 3.63) is 29.8 Å². The first-order valence-electron chi connectivity index (χ1n) is 10.9.